The molecule has 11 rings (SSSR count). The van der Waals surface area contributed by atoms with Gasteiger partial charge in [0, 0.05) is 32.7 Å². The minimum absolute atomic E-state index is 0.568. The number of rotatable bonds is 9. The zero-order chi connectivity index (χ0) is 40.0. The molecule has 8 aromatic carbocycles. The monoisotopic (exact) mass is 772 g/mol. The van der Waals surface area contributed by atoms with Crippen LogP contribution in [0.2, 0.25) is 0 Å². The highest BCUT2D eigenvalue weighted by atomic mass is 16.3. The van der Waals surface area contributed by atoms with Gasteiger partial charge < -0.3 is 4.42 Å². The number of para-hydroxylation sites is 2. The molecule has 3 heterocycles. The van der Waals surface area contributed by atoms with Gasteiger partial charge in [-0.15, -0.1) is 0 Å². The molecule has 0 unspecified atom stereocenters. The first-order chi connectivity index (χ1) is 29.7. The van der Waals surface area contributed by atoms with E-state index in [9.17, 15) is 0 Å². The standard InChI is InChI=1S/C55H40N4O/c1-2-3-13-36-14-11-17-40(32-36)38-24-26-39(27-25-38)53-56-54(44-19-12-18-41(33-44)37-15-5-4-6-16-37)58-55(57-53)59-49-22-9-7-20-45(49)47-34-42(28-30-50(47)59)43-29-31-52-48(35-43)46-21-8-10-23-51(46)60-52/h4-12,14-35H,2-3,13H2,1H3. The molecule has 3 aromatic heterocycles. The van der Waals surface area contributed by atoms with Crippen molar-refractivity contribution in [1.82, 2.24) is 19.5 Å². The van der Waals surface area contributed by atoms with Gasteiger partial charge in [0.1, 0.15) is 11.2 Å². The zero-order valence-corrected chi connectivity index (χ0v) is 33.2. The van der Waals surface area contributed by atoms with Gasteiger partial charge in [0.2, 0.25) is 5.95 Å². The number of hydrogen-bond donors (Lipinski definition) is 0. The van der Waals surface area contributed by atoms with Crippen LogP contribution < -0.4 is 0 Å². The summed E-state index contributed by atoms with van der Waals surface area (Å²) in [5, 5.41) is 4.49. The lowest BCUT2D eigenvalue weighted by Crippen LogP contribution is -2.06. The van der Waals surface area contributed by atoms with Crippen LogP contribution in [0.4, 0.5) is 0 Å². The van der Waals surface area contributed by atoms with E-state index in [0.717, 1.165) is 83.5 Å². The van der Waals surface area contributed by atoms with Crippen LogP contribution in [0.25, 0.3) is 106 Å². The van der Waals surface area contributed by atoms with Gasteiger partial charge in [-0.3, -0.25) is 4.57 Å². The van der Waals surface area contributed by atoms with Crippen LogP contribution in [0.15, 0.2) is 192 Å². The van der Waals surface area contributed by atoms with Gasteiger partial charge in [0.25, 0.3) is 0 Å². The molecule has 0 atom stereocenters. The number of furan rings is 1. The summed E-state index contributed by atoms with van der Waals surface area (Å²) < 4.78 is 8.34. The van der Waals surface area contributed by atoms with Crippen LogP contribution >= 0.6 is 0 Å². The molecular weight excluding hydrogens is 733 g/mol. The molecule has 11 aromatic rings. The molecule has 0 radical (unpaired) electrons. The Hall–Kier alpha value is -7.63. The van der Waals surface area contributed by atoms with E-state index >= 15 is 0 Å². The predicted molar refractivity (Wildman–Crippen MR) is 247 cm³/mol. The van der Waals surface area contributed by atoms with E-state index < -0.39 is 0 Å². The summed E-state index contributed by atoms with van der Waals surface area (Å²) in [7, 11) is 0. The van der Waals surface area contributed by atoms with Gasteiger partial charge in [-0.25, -0.2) is 4.98 Å². The van der Waals surface area contributed by atoms with Crippen LogP contribution in [0.5, 0.6) is 0 Å². The quantitative estimate of drug-likeness (QED) is 0.147. The van der Waals surface area contributed by atoms with Crippen LogP contribution in [0.3, 0.4) is 0 Å². The number of nitrogens with zero attached hydrogens (tertiary/aromatic N) is 4. The van der Waals surface area contributed by atoms with Gasteiger partial charge >= 0.3 is 0 Å². The van der Waals surface area contributed by atoms with E-state index in [-0.39, 0.29) is 0 Å². The molecule has 0 bridgehead atoms. The highest BCUT2D eigenvalue weighted by molar-refractivity contribution is 6.11. The maximum Gasteiger partial charge on any atom is 0.238 e. The van der Waals surface area contributed by atoms with Crippen LogP contribution in [0.1, 0.15) is 25.3 Å². The van der Waals surface area contributed by atoms with Crippen molar-refractivity contribution in [3.05, 3.63) is 194 Å². The van der Waals surface area contributed by atoms with E-state index in [4.69, 9.17) is 19.4 Å². The van der Waals surface area contributed by atoms with E-state index in [2.05, 4.69) is 181 Å². The molecule has 5 nitrogen and oxygen atoms in total. The average Bonchev–Trinajstić information content (AvgIpc) is 3.86. The van der Waals surface area contributed by atoms with Gasteiger partial charge in [0.05, 0.1) is 11.0 Å². The van der Waals surface area contributed by atoms with Crippen LogP contribution in [-0.4, -0.2) is 19.5 Å². The number of hydrogen-bond acceptors (Lipinski definition) is 4. The zero-order valence-electron chi connectivity index (χ0n) is 33.2. The normalized spacial score (nSPS) is 11.6. The van der Waals surface area contributed by atoms with Crippen LogP contribution in [-0.2, 0) is 6.42 Å². The Morgan fingerprint density at radius 1 is 0.400 bits per heavy atom. The Morgan fingerprint density at radius 2 is 0.967 bits per heavy atom. The number of aryl methyl sites for hydroxylation is 1. The lowest BCUT2D eigenvalue weighted by Gasteiger charge is -2.12. The largest absolute Gasteiger partial charge is 0.456 e. The fourth-order valence-corrected chi connectivity index (χ4v) is 8.56. The Balaban J connectivity index is 1.06. The fraction of sp³-hybridized carbons (Fsp3) is 0.0727. The van der Waals surface area contributed by atoms with Gasteiger partial charge in [-0.1, -0.05) is 159 Å². The van der Waals surface area contributed by atoms with Crippen molar-refractivity contribution in [2.45, 2.75) is 26.2 Å². The predicted octanol–water partition coefficient (Wildman–Crippen LogP) is 14.5. The molecule has 60 heavy (non-hydrogen) atoms. The topological polar surface area (TPSA) is 56.7 Å². The lowest BCUT2D eigenvalue weighted by molar-refractivity contribution is 0.669. The van der Waals surface area contributed by atoms with Crippen molar-refractivity contribution in [3.63, 3.8) is 0 Å². The van der Waals surface area contributed by atoms with Gasteiger partial charge in [-0.05, 0) is 94.3 Å². The minimum Gasteiger partial charge on any atom is -0.456 e. The third-order valence-corrected chi connectivity index (χ3v) is 11.7. The molecule has 0 aliphatic rings. The molecular formula is C55H40N4O. The highest BCUT2D eigenvalue weighted by Crippen LogP contribution is 2.38. The third-order valence-electron chi connectivity index (χ3n) is 11.7. The second kappa shape index (κ2) is 14.9. The smallest absolute Gasteiger partial charge is 0.238 e. The van der Waals surface area contributed by atoms with Gasteiger partial charge in [0.15, 0.2) is 11.6 Å². The molecule has 0 aliphatic carbocycles. The van der Waals surface area contributed by atoms with Crippen molar-refractivity contribution < 1.29 is 4.42 Å². The average molecular weight is 773 g/mol. The number of benzene rings is 8. The van der Waals surface area contributed by atoms with Crippen molar-refractivity contribution in [2.75, 3.05) is 0 Å². The summed E-state index contributed by atoms with van der Waals surface area (Å²) in [6.07, 6.45) is 3.46. The molecule has 0 spiro atoms. The summed E-state index contributed by atoms with van der Waals surface area (Å²) >= 11 is 0. The first kappa shape index (κ1) is 35.5. The summed E-state index contributed by atoms with van der Waals surface area (Å²) in [5.74, 6) is 1.80. The Labute approximate surface area is 348 Å². The highest BCUT2D eigenvalue weighted by Gasteiger charge is 2.19. The number of aromatic nitrogens is 4. The van der Waals surface area contributed by atoms with Gasteiger partial charge in [-0.2, -0.15) is 9.97 Å². The first-order valence-corrected chi connectivity index (χ1v) is 20.7. The second-order valence-electron chi connectivity index (χ2n) is 15.5. The molecule has 5 heteroatoms. The molecule has 0 N–H and O–H groups in total. The number of unbranched alkanes of at least 4 members (excludes halogenated alkanes) is 1. The third kappa shape index (κ3) is 6.41. The Kier molecular flexibility index (Phi) is 8.85. The maximum atomic E-state index is 6.16. The van der Waals surface area contributed by atoms with E-state index in [0.29, 0.717) is 17.6 Å². The first-order valence-electron chi connectivity index (χ1n) is 20.7. The maximum absolute atomic E-state index is 6.16. The Bertz CT molecular complexity index is 3360. The molecule has 0 amide bonds. The van der Waals surface area contributed by atoms with Crippen molar-refractivity contribution in [3.8, 4) is 62.1 Å². The fourth-order valence-electron chi connectivity index (χ4n) is 8.56. The van der Waals surface area contributed by atoms with E-state index in [1.165, 1.54) is 29.5 Å². The summed E-state index contributed by atoms with van der Waals surface area (Å²) in [5.41, 5.74) is 13.9. The van der Waals surface area contributed by atoms with Crippen molar-refractivity contribution in [2.24, 2.45) is 0 Å². The Morgan fingerprint density at radius 3 is 1.80 bits per heavy atom. The minimum atomic E-state index is 0.568. The van der Waals surface area contributed by atoms with E-state index in [1.807, 2.05) is 18.2 Å². The van der Waals surface area contributed by atoms with Crippen LogP contribution in [0, 0.1) is 0 Å². The molecule has 0 aliphatic heterocycles. The summed E-state index contributed by atoms with van der Waals surface area (Å²) in [6, 6.07) is 66.3. The second-order valence-corrected chi connectivity index (χ2v) is 15.5. The summed E-state index contributed by atoms with van der Waals surface area (Å²) in [4.78, 5) is 15.7. The molecule has 0 saturated carbocycles. The van der Waals surface area contributed by atoms with Crippen molar-refractivity contribution >= 4 is 43.7 Å². The van der Waals surface area contributed by atoms with Crippen molar-refractivity contribution in [1.29, 1.82) is 0 Å². The molecule has 0 fully saturated rings. The molecule has 286 valence electrons. The number of fused-ring (bicyclic) bond motifs is 6. The van der Waals surface area contributed by atoms with E-state index in [1.54, 1.807) is 0 Å². The molecule has 0 saturated heterocycles. The summed E-state index contributed by atoms with van der Waals surface area (Å²) in [6.45, 7) is 2.24. The SMILES string of the molecule is CCCCc1cccc(-c2ccc(-c3nc(-c4cccc(-c5ccccc5)c4)nc(-n4c5ccccc5c5cc(-c6ccc7oc8ccccc8c7c6)ccc54)n3)cc2)c1. The lowest BCUT2D eigenvalue weighted by atomic mass is 9.99.